The van der Waals surface area contributed by atoms with Crippen molar-refractivity contribution in [1.29, 1.82) is 0 Å². The van der Waals surface area contributed by atoms with Gasteiger partial charge in [-0.3, -0.25) is 4.68 Å². The maximum Gasteiger partial charge on any atom is 0.203 e. The summed E-state index contributed by atoms with van der Waals surface area (Å²) in [5.41, 5.74) is 10.8. The average molecular weight is 445 g/mol. The van der Waals surface area contributed by atoms with E-state index in [-0.39, 0.29) is 12.0 Å². The van der Waals surface area contributed by atoms with E-state index in [1.165, 1.54) is 5.56 Å². The van der Waals surface area contributed by atoms with Crippen molar-refractivity contribution in [3.63, 3.8) is 0 Å². The third kappa shape index (κ3) is 3.93. The summed E-state index contributed by atoms with van der Waals surface area (Å²) in [6.45, 7) is 3.84. The quantitative estimate of drug-likeness (QED) is 0.413. The van der Waals surface area contributed by atoms with E-state index in [4.69, 9.17) is 10.5 Å². The second kappa shape index (κ2) is 8.15. The van der Waals surface area contributed by atoms with E-state index in [1.807, 2.05) is 16.9 Å². The highest BCUT2D eigenvalue weighted by molar-refractivity contribution is 5.77. The predicted molar refractivity (Wildman–Crippen MR) is 125 cm³/mol. The molecule has 1 aliphatic carbocycles. The van der Waals surface area contributed by atoms with Crippen LogP contribution in [0.3, 0.4) is 0 Å². The molecule has 6 rings (SSSR count). The van der Waals surface area contributed by atoms with Gasteiger partial charge in [-0.2, -0.15) is 15.4 Å². The Morgan fingerprint density at radius 3 is 3.06 bits per heavy atom. The summed E-state index contributed by atoms with van der Waals surface area (Å²) < 4.78 is 8.38. The minimum absolute atomic E-state index is 0.0754. The van der Waals surface area contributed by atoms with Crippen molar-refractivity contribution < 1.29 is 4.74 Å². The SMILES string of the molecule is C[C@H]1C[C@H]2C[C@H]1Oc1cccc(c1)Cn1cc(cn1)[C@@H](c1cc(N)nc3n[nH]nc13)CCN2. The van der Waals surface area contributed by atoms with Gasteiger partial charge in [-0.05, 0) is 66.6 Å². The Balaban J connectivity index is 1.40. The van der Waals surface area contributed by atoms with Crippen molar-refractivity contribution in [3.8, 4) is 5.75 Å². The topological polar surface area (TPSA) is 120 Å². The van der Waals surface area contributed by atoms with Gasteiger partial charge in [-0.15, -0.1) is 5.10 Å². The molecule has 4 N–H and O–H groups in total. The number of H-pyrrole nitrogens is 1. The first-order chi connectivity index (χ1) is 16.1. The summed E-state index contributed by atoms with van der Waals surface area (Å²) >= 11 is 0. The molecule has 1 aromatic carbocycles. The van der Waals surface area contributed by atoms with Crippen LogP contribution in [0.15, 0.2) is 42.7 Å². The average Bonchev–Trinajstić information content (AvgIpc) is 3.51. The van der Waals surface area contributed by atoms with Crippen LogP contribution in [-0.4, -0.2) is 48.9 Å². The summed E-state index contributed by atoms with van der Waals surface area (Å²) in [7, 11) is 0. The zero-order chi connectivity index (χ0) is 22.4. The maximum atomic E-state index is 6.40. The molecule has 170 valence electrons. The Morgan fingerprint density at radius 2 is 2.12 bits per heavy atom. The van der Waals surface area contributed by atoms with Gasteiger partial charge in [0, 0.05) is 18.2 Å². The molecule has 4 atom stereocenters. The molecule has 3 aromatic heterocycles. The number of aromatic nitrogens is 6. The van der Waals surface area contributed by atoms with Crippen molar-refractivity contribution >= 4 is 17.0 Å². The van der Waals surface area contributed by atoms with E-state index in [0.29, 0.717) is 30.0 Å². The van der Waals surface area contributed by atoms with Crippen molar-refractivity contribution in [3.05, 3.63) is 59.4 Å². The van der Waals surface area contributed by atoms with Crippen LogP contribution in [0.2, 0.25) is 0 Å². The lowest BCUT2D eigenvalue weighted by Gasteiger charge is -2.19. The molecule has 0 unspecified atom stereocenters. The molecular weight excluding hydrogens is 416 g/mol. The minimum atomic E-state index is 0.0754. The Kier molecular flexibility index (Phi) is 4.98. The smallest absolute Gasteiger partial charge is 0.203 e. The number of ether oxygens (including phenoxy) is 1. The van der Waals surface area contributed by atoms with E-state index in [9.17, 15) is 0 Å². The number of benzene rings is 1. The van der Waals surface area contributed by atoms with Gasteiger partial charge in [-0.25, -0.2) is 4.98 Å². The standard InChI is InChI=1S/C24H28N8O/c1-14-7-17-9-21(14)33-18-4-2-3-15(8-18)12-32-13-16(11-27-32)19(5-6-26-17)20-10-22(25)28-24-23(20)29-31-30-24/h2-4,8,10-11,13-14,17,19,21,26H,5-7,9,12H2,1H3,(H3,25,28,29,30,31)/t14-,17-,19-,21+/m0/s1. The van der Waals surface area contributed by atoms with Crippen molar-refractivity contribution in [1.82, 2.24) is 35.5 Å². The molecule has 9 nitrogen and oxygen atoms in total. The number of nitrogens with two attached hydrogens (primary N) is 1. The maximum absolute atomic E-state index is 6.40. The van der Waals surface area contributed by atoms with Crippen LogP contribution in [-0.2, 0) is 6.54 Å². The summed E-state index contributed by atoms with van der Waals surface area (Å²) in [5, 5.41) is 19.7. The number of nitrogens with one attached hydrogen (secondary N) is 2. The molecule has 33 heavy (non-hydrogen) atoms. The van der Waals surface area contributed by atoms with Crippen molar-refractivity contribution in [2.24, 2.45) is 5.92 Å². The molecule has 1 aliphatic heterocycles. The second-order valence-corrected chi connectivity index (χ2v) is 9.35. The minimum Gasteiger partial charge on any atom is -0.490 e. The lowest BCUT2D eigenvalue weighted by molar-refractivity contribution is 0.166. The molecule has 9 heteroatoms. The first-order valence-electron chi connectivity index (χ1n) is 11.6. The van der Waals surface area contributed by atoms with Gasteiger partial charge in [0.15, 0.2) is 0 Å². The van der Waals surface area contributed by atoms with Crippen LogP contribution >= 0.6 is 0 Å². The monoisotopic (exact) mass is 444 g/mol. The van der Waals surface area contributed by atoms with E-state index in [0.717, 1.165) is 48.2 Å². The third-order valence-corrected chi connectivity index (χ3v) is 6.98. The first-order valence-corrected chi connectivity index (χ1v) is 11.6. The molecule has 0 spiro atoms. The number of anilines is 1. The van der Waals surface area contributed by atoms with Gasteiger partial charge in [-0.1, -0.05) is 19.1 Å². The predicted octanol–water partition coefficient (Wildman–Crippen LogP) is 2.85. The number of fused-ring (bicyclic) bond motifs is 7. The van der Waals surface area contributed by atoms with Crippen LogP contribution in [0.1, 0.15) is 48.8 Å². The van der Waals surface area contributed by atoms with E-state index < -0.39 is 0 Å². The molecule has 4 heterocycles. The molecule has 0 radical (unpaired) electrons. The molecule has 6 bridgehead atoms. The molecular formula is C24H28N8O. The fourth-order valence-corrected chi connectivity index (χ4v) is 5.34. The number of nitrogen functional groups attached to an aromatic ring is 1. The highest BCUT2D eigenvalue weighted by Gasteiger charge is 2.33. The fourth-order valence-electron chi connectivity index (χ4n) is 5.34. The summed E-state index contributed by atoms with van der Waals surface area (Å²) in [4.78, 5) is 4.32. The van der Waals surface area contributed by atoms with Crippen LogP contribution in [0.25, 0.3) is 11.2 Å². The molecule has 4 aromatic rings. The summed E-state index contributed by atoms with van der Waals surface area (Å²) in [6, 6.07) is 10.7. The summed E-state index contributed by atoms with van der Waals surface area (Å²) in [5.74, 6) is 1.97. The Hall–Kier alpha value is -3.46. The van der Waals surface area contributed by atoms with Crippen molar-refractivity contribution in [2.45, 2.75) is 50.8 Å². The van der Waals surface area contributed by atoms with Gasteiger partial charge >= 0.3 is 0 Å². The molecule has 0 amide bonds. The lowest BCUT2D eigenvalue weighted by Crippen LogP contribution is -2.29. The molecule has 0 saturated heterocycles. The number of hydrogen-bond acceptors (Lipinski definition) is 7. The highest BCUT2D eigenvalue weighted by Crippen LogP contribution is 2.34. The Bertz CT molecular complexity index is 1280. The number of rotatable bonds is 1. The Morgan fingerprint density at radius 1 is 1.18 bits per heavy atom. The lowest BCUT2D eigenvalue weighted by atomic mass is 9.90. The van der Waals surface area contributed by atoms with Gasteiger partial charge < -0.3 is 15.8 Å². The number of hydrogen-bond donors (Lipinski definition) is 3. The zero-order valence-corrected chi connectivity index (χ0v) is 18.6. The largest absolute Gasteiger partial charge is 0.490 e. The summed E-state index contributed by atoms with van der Waals surface area (Å²) in [6.07, 6.45) is 7.32. The van der Waals surface area contributed by atoms with Crippen LogP contribution in [0.4, 0.5) is 5.82 Å². The fraction of sp³-hybridized carbons (Fsp3) is 0.417. The molecule has 1 fully saturated rings. The first kappa shape index (κ1) is 20.2. The normalized spacial score (nSPS) is 25.4. The number of aromatic amines is 1. The number of pyridine rings is 1. The van der Waals surface area contributed by atoms with Crippen LogP contribution in [0, 0.1) is 5.92 Å². The van der Waals surface area contributed by atoms with E-state index in [1.54, 1.807) is 0 Å². The van der Waals surface area contributed by atoms with E-state index in [2.05, 4.69) is 68.2 Å². The van der Waals surface area contributed by atoms with E-state index >= 15 is 0 Å². The van der Waals surface area contributed by atoms with Gasteiger partial charge in [0.25, 0.3) is 0 Å². The highest BCUT2D eigenvalue weighted by atomic mass is 16.5. The van der Waals surface area contributed by atoms with Gasteiger partial charge in [0.2, 0.25) is 5.65 Å². The third-order valence-electron chi connectivity index (χ3n) is 6.98. The van der Waals surface area contributed by atoms with Gasteiger partial charge in [0.1, 0.15) is 23.2 Å². The zero-order valence-electron chi connectivity index (χ0n) is 18.6. The van der Waals surface area contributed by atoms with Crippen molar-refractivity contribution in [2.75, 3.05) is 12.3 Å². The van der Waals surface area contributed by atoms with Crippen LogP contribution in [0.5, 0.6) is 5.75 Å². The molecule has 2 aliphatic rings. The second-order valence-electron chi connectivity index (χ2n) is 9.35. The van der Waals surface area contributed by atoms with Gasteiger partial charge in [0.05, 0.1) is 12.7 Å². The number of nitrogens with zero attached hydrogens (tertiary/aromatic N) is 5. The molecule has 1 saturated carbocycles. The van der Waals surface area contributed by atoms with Crippen LogP contribution < -0.4 is 15.8 Å². The Labute approximate surface area is 191 Å².